The number of nitrogens with zero attached hydrogens (tertiary/aromatic N) is 2. The highest BCUT2D eigenvalue weighted by molar-refractivity contribution is 7.07. The van der Waals surface area contributed by atoms with E-state index in [9.17, 15) is 14.0 Å². The van der Waals surface area contributed by atoms with Crippen molar-refractivity contribution in [2.24, 2.45) is 4.99 Å². The summed E-state index contributed by atoms with van der Waals surface area (Å²) in [5.74, 6) is 0.0458. The first-order chi connectivity index (χ1) is 16.4. The standard InChI is InChI=1S/C25H23FN2O5S/c1-5-33-24(30)20-14(2)27-25-28(21(20)15-9-11-17(26)12-10-15)23(29)19(34-25)13-16-7-6-8-18(31-3)22(16)32-4/h6-13,21H,5H2,1-4H3/b19-13-/t21-/m0/s1. The van der Waals surface area contributed by atoms with E-state index in [1.54, 1.807) is 44.2 Å². The number of carbonyl (C=O) groups excluding carboxylic acids is 1. The van der Waals surface area contributed by atoms with Gasteiger partial charge in [0, 0.05) is 5.56 Å². The lowest BCUT2D eigenvalue weighted by atomic mass is 9.96. The van der Waals surface area contributed by atoms with Crippen molar-refractivity contribution in [1.82, 2.24) is 4.57 Å². The van der Waals surface area contributed by atoms with Crippen molar-refractivity contribution in [3.05, 3.63) is 90.4 Å². The van der Waals surface area contributed by atoms with Crippen LogP contribution < -0.4 is 24.4 Å². The van der Waals surface area contributed by atoms with Gasteiger partial charge in [-0.15, -0.1) is 0 Å². The average Bonchev–Trinajstić information content (AvgIpc) is 3.13. The topological polar surface area (TPSA) is 79.1 Å². The number of halogens is 1. The Morgan fingerprint density at radius 3 is 2.56 bits per heavy atom. The van der Waals surface area contributed by atoms with E-state index in [1.807, 2.05) is 6.07 Å². The zero-order chi connectivity index (χ0) is 24.4. The summed E-state index contributed by atoms with van der Waals surface area (Å²) < 4.78 is 31.6. The minimum Gasteiger partial charge on any atom is -0.493 e. The minimum atomic E-state index is -0.801. The molecule has 34 heavy (non-hydrogen) atoms. The molecule has 3 aromatic rings. The number of hydrogen-bond acceptors (Lipinski definition) is 7. The summed E-state index contributed by atoms with van der Waals surface area (Å²) in [6.45, 7) is 3.58. The van der Waals surface area contributed by atoms with Crippen LogP contribution in [0.3, 0.4) is 0 Å². The number of thiazole rings is 1. The highest BCUT2D eigenvalue weighted by atomic mass is 32.1. The van der Waals surface area contributed by atoms with Crippen LogP contribution in [0.5, 0.6) is 11.5 Å². The molecule has 0 spiro atoms. The fourth-order valence-electron chi connectivity index (χ4n) is 3.92. The lowest BCUT2D eigenvalue weighted by Gasteiger charge is -2.24. The number of carbonyl (C=O) groups is 1. The van der Waals surface area contributed by atoms with E-state index in [0.29, 0.717) is 37.7 Å². The molecule has 0 N–H and O–H groups in total. The number of esters is 1. The molecule has 0 radical (unpaired) electrons. The first-order valence-corrected chi connectivity index (χ1v) is 11.4. The molecule has 0 aliphatic carbocycles. The second-order valence-electron chi connectivity index (χ2n) is 7.44. The molecule has 1 aliphatic rings. The average molecular weight is 483 g/mol. The summed E-state index contributed by atoms with van der Waals surface area (Å²) in [7, 11) is 3.07. The van der Waals surface area contributed by atoms with Gasteiger partial charge in [-0.05, 0) is 43.7 Å². The number of allylic oxidation sites excluding steroid dienone is 1. The van der Waals surface area contributed by atoms with Crippen molar-refractivity contribution in [3.8, 4) is 11.5 Å². The maximum Gasteiger partial charge on any atom is 0.338 e. The van der Waals surface area contributed by atoms with Crippen molar-refractivity contribution in [2.45, 2.75) is 19.9 Å². The Labute approximate surface area is 199 Å². The van der Waals surface area contributed by atoms with Crippen molar-refractivity contribution >= 4 is 23.4 Å². The van der Waals surface area contributed by atoms with E-state index in [0.717, 1.165) is 0 Å². The summed E-state index contributed by atoms with van der Waals surface area (Å²) in [4.78, 5) is 31.4. The zero-order valence-corrected chi connectivity index (χ0v) is 19.9. The number of para-hydroxylation sites is 1. The first kappa shape index (κ1) is 23.4. The molecule has 176 valence electrons. The van der Waals surface area contributed by atoms with Crippen molar-refractivity contribution < 1.29 is 23.4 Å². The Bertz CT molecular complexity index is 1450. The van der Waals surface area contributed by atoms with E-state index in [-0.39, 0.29) is 17.7 Å². The Hall–Kier alpha value is -3.72. The molecule has 1 atom stereocenters. The van der Waals surface area contributed by atoms with Crippen LogP contribution in [0.4, 0.5) is 4.39 Å². The minimum absolute atomic E-state index is 0.172. The predicted molar refractivity (Wildman–Crippen MR) is 126 cm³/mol. The molecule has 4 rings (SSSR count). The summed E-state index contributed by atoms with van der Waals surface area (Å²) in [5, 5.41) is 0. The Morgan fingerprint density at radius 2 is 1.91 bits per heavy atom. The molecule has 0 saturated heterocycles. The van der Waals surface area contributed by atoms with Crippen LogP contribution in [0.2, 0.25) is 0 Å². The van der Waals surface area contributed by atoms with E-state index < -0.39 is 17.8 Å². The van der Waals surface area contributed by atoms with Crippen molar-refractivity contribution in [3.63, 3.8) is 0 Å². The monoisotopic (exact) mass is 482 g/mol. The summed E-state index contributed by atoms with van der Waals surface area (Å²) in [6, 6.07) is 10.3. The van der Waals surface area contributed by atoms with Gasteiger partial charge in [0.15, 0.2) is 16.3 Å². The highest BCUT2D eigenvalue weighted by Crippen LogP contribution is 2.32. The van der Waals surface area contributed by atoms with E-state index >= 15 is 0 Å². The van der Waals surface area contributed by atoms with Gasteiger partial charge in [-0.3, -0.25) is 9.36 Å². The fourth-order valence-corrected chi connectivity index (χ4v) is 4.96. The number of benzene rings is 2. The van der Waals surface area contributed by atoms with Crippen LogP contribution in [-0.4, -0.2) is 31.4 Å². The van der Waals surface area contributed by atoms with Crippen molar-refractivity contribution in [2.75, 3.05) is 20.8 Å². The molecular weight excluding hydrogens is 459 g/mol. The maximum absolute atomic E-state index is 13.6. The van der Waals surface area contributed by atoms with Gasteiger partial charge in [-0.2, -0.15) is 0 Å². The van der Waals surface area contributed by atoms with Gasteiger partial charge in [0.2, 0.25) is 0 Å². The molecule has 9 heteroatoms. The molecule has 0 saturated carbocycles. The molecule has 2 aromatic carbocycles. The molecule has 1 aromatic heterocycles. The van der Waals surface area contributed by atoms with Crippen LogP contribution in [0.1, 0.15) is 31.0 Å². The van der Waals surface area contributed by atoms with Crippen LogP contribution in [-0.2, 0) is 9.53 Å². The lowest BCUT2D eigenvalue weighted by molar-refractivity contribution is -0.139. The third-order valence-electron chi connectivity index (χ3n) is 5.42. The second-order valence-corrected chi connectivity index (χ2v) is 8.45. The number of methoxy groups -OCH3 is 2. The Balaban J connectivity index is 1.97. The van der Waals surface area contributed by atoms with Gasteiger partial charge in [0.1, 0.15) is 5.82 Å². The molecule has 0 bridgehead atoms. The number of hydrogen-bond donors (Lipinski definition) is 0. The van der Waals surface area contributed by atoms with E-state index in [2.05, 4.69) is 4.99 Å². The molecule has 2 heterocycles. The van der Waals surface area contributed by atoms with Crippen LogP contribution in [0, 0.1) is 5.82 Å². The Kier molecular flexibility index (Phi) is 6.65. The van der Waals surface area contributed by atoms with Gasteiger partial charge in [-0.25, -0.2) is 14.2 Å². The molecule has 0 amide bonds. The number of rotatable bonds is 6. The summed E-state index contributed by atoms with van der Waals surface area (Å²) >= 11 is 1.19. The first-order valence-electron chi connectivity index (χ1n) is 10.6. The smallest absolute Gasteiger partial charge is 0.338 e. The van der Waals surface area contributed by atoms with E-state index in [4.69, 9.17) is 14.2 Å². The quantitative estimate of drug-likeness (QED) is 0.505. The highest BCUT2D eigenvalue weighted by Gasteiger charge is 2.33. The predicted octanol–water partition coefficient (Wildman–Crippen LogP) is 2.95. The fraction of sp³-hybridized carbons (Fsp3) is 0.240. The number of fused-ring (bicyclic) bond motifs is 1. The van der Waals surface area contributed by atoms with Crippen LogP contribution in [0.25, 0.3) is 6.08 Å². The van der Waals surface area contributed by atoms with Gasteiger partial charge < -0.3 is 14.2 Å². The third-order valence-corrected chi connectivity index (χ3v) is 6.41. The van der Waals surface area contributed by atoms with Crippen molar-refractivity contribution in [1.29, 1.82) is 0 Å². The molecule has 7 nitrogen and oxygen atoms in total. The summed E-state index contributed by atoms with van der Waals surface area (Å²) in [6.07, 6.45) is 1.70. The number of ether oxygens (including phenoxy) is 3. The van der Waals surface area contributed by atoms with Gasteiger partial charge in [-0.1, -0.05) is 35.6 Å². The normalized spacial score (nSPS) is 15.6. The second kappa shape index (κ2) is 9.64. The van der Waals surface area contributed by atoms with Gasteiger partial charge in [0.25, 0.3) is 5.56 Å². The molecule has 1 aliphatic heterocycles. The zero-order valence-electron chi connectivity index (χ0n) is 19.1. The van der Waals surface area contributed by atoms with E-state index in [1.165, 1.54) is 42.3 Å². The van der Waals surface area contributed by atoms with Gasteiger partial charge >= 0.3 is 5.97 Å². The SMILES string of the molecule is CCOC(=O)C1=C(C)N=c2s/c(=C\c3cccc(OC)c3OC)c(=O)n2[C@H]1c1ccc(F)cc1. The molecule has 0 unspecified atom stereocenters. The third kappa shape index (κ3) is 4.14. The lowest BCUT2D eigenvalue weighted by Crippen LogP contribution is -2.39. The summed E-state index contributed by atoms with van der Waals surface area (Å²) in [5.41, 5.74) is 1.58. The number of aromatic nitrogens is 1. The maximum atomic E-state index is 13.6. The Morgan fingerprint density at radius 1 is 1.18 bits per heavy atom. The van der Waals surface area contributed by atoms with Crippen LogP contribution in [0.15, 0.2) is 63.5 Å². The van der Waals surface area contributed by atoms with Gasteiger partial charge in [0.05, 0.1) is 42.7 Å². The molecule has 0 fully saturated rings. The van der Waals surface area contributed by atoms with Crippen LogP contribution >= 0.6 is 11.3 Å². The molecular formula is C25H23FN2O5S. The largest absolute Gasteiger partial charge is 0.493 e.